The van der Waals surface area contributed by atoms with Crippen LogP contribution in [-0.4, -0.2) is 22.6 Å². The van der Waals surface area contributed by atoms with Crippen LogP contribution in [0.2, 0.25) is 0 Å². The summed E-state index contributed by atoms with van der Waals surface area (Å²) in [6.07, 6.45) is 8.45. The predicted molar refractivity (Wildman–Crippen MR) is 87.2 cm³/mol. The SMILES string of the molecule is CCCC(C)N(CCC(C)(C)C)c1ncc(CC)cn1. The molecule has 1 rings (SSSR count). The van der Waals surface area contributed by atoms with Gasteiger partial charge in [-0.2, -0.15) is 0 Å². The molecule has 1 aromatic heterocycles. The van der Waals surface area contributed by atoms with Crippen LogP contribution in [0, 0.1) is 5.41 Å². The van der Waals surface area contributed by atoms with E-state index in [-0.39, 0.29) is 0 Å². The van der Waals surface area contributed by atoms with Crippen LogP contribution >= 0.6 is 0 Å². The van der Waals surface area contributed by atoms with Crippen LogP contribution < -0.4 is 4.90 Å². The molecule has 0 aliphatic rings. The molecule has 0 saturated heterocycles. The van der Waals surface area contributed by atoms with Gasteiger partial charge in [0.2, 0.25) is 5.95 Å². The first-order valence-corrected chi connectivity index (χ1v) is 7.95. The van der Waals surface area contributed by atoms with Crippen LogP contribution in [0.1, 0.15) is 66.4 Å². The summed E-state index contributed by atoms with van der Waals surface area (Å²) in [6, 6.07) is 0.495. The number of hydrogen-bond donors (Lipinski definition) is 0. The van der Waals surface area contributed by atoms with E-state index >= 15 is 0 Å². The summed E-state index contributed by atoms with van der Waals surface area (Å²) in [4.78, 5) is 11.5. The number of aromatic nitrogens is 2. The maximum absolute atomic E-state index is 4.57. The third-order valence-electron chi connectivity index (χ3n) is 3.70. The minimum absolute atomic E-state index is 0.341. The van der Waals surface area contributed by atoms with Gasteiger partial charge in [-0.05, 0) is 37.2 Å². The molecule has 0 saturated carbocycles. The van der Waals surface area contributed by atoms with Gasteiger partial charge in [0.05, 0.1) is 0 Å². The van der Waals surface area contributed by atoms with Crippen LogP contribution in [-0.2, 0) is 6.42 Å². The lowest BCUT2D eigenvalue weighted by Crippen LogP contribution is -2.36. The van der Waals surface area contributed by atoms with E-state index < -0.39 is 0 Å². The van der Waals surface area contributed by atoms with Gasteiger partial charge in [-0.3, -0.25) is 0 Å². The minimum atomic E-state index is 0.341. The van der Waals surface area contributed by atoms with Crippen LogP contribution in [0.5, 0.6) is 0 Å². The second-order valence-corrected chi connectivity index (χ2v) is 6.89. The highest BCUT2D eigenvalue weighted by Gasteiger charge is 2.19. The Morgan fingerprint density at radius 3 is 2.20 bits per heavy atom. The zero-order valence-corrected chi connectivity index (χ0v) is 14.1. The molecule has 0 aromatic carbocycles. The van der Waals surface area contributed by atoms with Crippen molar-refractivity contribution in [1.82, 2.24) is 9.97 Å². The number of anilines is 1. The molecule has 0 aliphatic carbocycles. The number of nitrogens with zero attached hydrogens (tertiary/aromatic N) is 3. The van der Waals surface area contributed by atoms with Gasteiger partial charge in [-0.25, -0.2) is 9.97 Å². The highest BCUT2D eigenvalue weighted by atomic mass is 15.3. The van der Waals surface area contributed by atoms with Crippen molar-refractivity contribution in [1.29, 1.82) is 0 Å². The van der Waals surface area contributed by atoms with Gasteiger partial charge in [0.15, 0.2) is 0 Å². The molecule has 0 amide bonds. The molecule has 0 aliphatic heterocycles. The molecule has 0 spiro atoms. The third kappa shape index (κ3) is 5.48. The molecule has 0 N–H and O–H groups in total. The van der Waals surface area contributed by atoms with Crippen molar-refractivity contribution >= 4 is 5.95 Å². The lowest BCUT2D eigenvalue weighted by molar-refractivity contribution is 0.369. The summed E-state index contributed by atoms with van der Waals surface area (Å²) in [5, 5.41) is 0. The molecular weight excluding hydrogens is 246 g/mol. The quantitative estimate of drug-likeness (QED) is 0.736. The first-order chi connectivity index (χ1) is 9.37. The Hall–Kier alpha value is -1.12. The fraction of sp³-hybridized carbons (Fsp3) is 0.765. The van der Waals surface area contributed by atoms with E-state index in [9.17, 15) is 0 Å². The first-order valence-electron chi connectivity index (χ1n) is 7.95. The molecule has 1 unspecified atom stereocenters. The van der Waals surface area contributed by atoms with Gasteiger partial charge in [0, 0.05) is 25.0 Å². The average Bonchev–Trinajstić information content (AvgIpc) is 2.38. The Bertz CT molecular complexity index is 378. The maximum atomic E-state index is 4.57. The first kappa shape index (κ1) is 16.9. The van der Waals surface area contributed by atoms with E-state index in [4.69, 9.17) is 0 Å². The van der Waals surface area contributed by atoms with Gasteiger partial charge < -0.3 is 4.90 Å². The van der Waals surface area contributed by atoms with Gasteiger partial charge in [-0.1, -0.05) is 41.0 Å². The van der Waals surface area contributed by atoms with E-state index in [1.165, 1.54) is 18.4 Å². The van der Waals surface area contributed by atoms with Crippen LogP contribution in [0.4, 0.5) is 5.95 Å². The molecular formula is C17H31N3. The topological polar surface area (TPSA) is 29.0 Å². The summed E-state index contributed by atoms with van der Waals surface area (Å²) in [5.74, 6) is 0.882. The van der Waals surface area contributed by atoms with Gasteiger partial charge in [0.1, 0.15) is 0 Å². The average molecular weight is 277 g/mol. The van der Waals surface area contributed by atoms with Crippen LogP contribution in [0.3, 0.4) is 0 Å². The highest BCUT2D eigenvalue weighted by molar-refractivity contribution is 5.31. The molecule has 114 valence electrons. The molecule has 0 radical (unpaired) electrons. The zero-order chi connectivity index (χ0) is 15.2. The number of aryl methyl sites for hydroxylation is 1. The molecule has 3 nitrogen and oxygen atoms in total. The smallest absolute Gasteiger partial charge is 0.225 e. The second-order valence-electron chi connectivity index (χ2n) is 6.89. The summed E-state index contributed by atoms with van der Waals surface area (Å²) < 4.78 is 0. The molecule has 0 fully saturated rings. The summed E-state index contributed by atoms with van der Waals surface area (Å²) in [6.45, 7) is 14.5. The number of rotatable bonds is 7. The van der Waals surface area contributed by atoms with E-state index in [0.717, 1.165) is 25.3 Å². The van der Waals surface area contributed by atoms with Crippen molar-refractivity contribution in [2.45, 2.75) is 73.3 Å². The lowest BCUT2D eigenvalue weighted by atomic mass is 9.92. The van der Waals surface area contributed by atoms with E-state index in [0.29, 0.717) is 11.5 Å². The zero-order valence-electron chi connectivity index (χ0n) is 14.1. The Balaban J connectivity index is 2.84. The Morgan fingerprint density at radius 2 is 1.75 bits per heavy atom. The summed E-state index contributed by atoms with van der Waals surface area (Å²) in [5.41, 5.74) is 1.54. The Morgan fingerprint density at radius 1 is 1.15 bits per heavy atom. The van der Waals surface area contributed by atoms with Crippen molar-refractivity contribution in [2.24, 2.45) is 5.41 Å². The fourth-order valence-corrected chi connectivity index (χ4v) is 2.23. The lowest BCUT2D eigenvalue weighted by Gasteiger charge is -2.32. The number of hydrogen-bond acceptors (Lipinski definition) is 3. The molecule has 0 bridgehead atoms. The van der Waals surface area contributed by atoms with Crippen LogP contribution in [0.15, 0.2) is 12.4 Å². The van der Waals surface area contributed by atoms with Crippen molar-refractivity contribution in [2.75, 3.05) is 11.4 Å². The minimum Gasteiger partial charge on any atom is -0.338 e. The van der Waals surface area contributed by atoms with Crippen molar-refractivity contribution in [3.63, 3.8) is 0 Å². The van der Waals surface area contributed by atoms with E-state index in [1.807, 2.05) is 12.4 Å². The molecule has 1 atom stereocenters. The summed E-state index contributed by atoms with van der Waals surface area (Å²) >= 11 is 0. The van der Waals surface area contributed by atoms with E-state index in [1.54, 1.807) is 0 Å². The Labute approximate surface area is 124 Å². The standard InChI is InChI=1S/C17H31N3/c1-7-9-14(3)20(11-10-17(4,5)6)16-18-12-15(8-2)13-19-16/h12-14H,7-11H2,1-6H3. The molecule has 1 aromatic rings. The fourth-order valence-electron chi connectivity index (χ4n) is 2.23. The third-order valence-corrected chi connectivity index (χ3v) is 3.70. The molecule has 1 heterocycles. The van der Waals surface area contributed by atoms with Crippen molar-refractivity contribution in [3.8, 4) is 0 Å². The van der Waals surface area contributed by atoms with Crippen LogP contribution in [0.25, 0.3) is 0 Å². The normalized spacial score (nSPS) is 13.3. The van der Waals surface area contributed by atoms with E-state index in [2.05, 4.69) is 56.4 Å². The largest absolute Gasteiger partial charge is 0.338 e. The Kier molecular flexibility index (Phi) is 6.44. The predicted octanol–water partition coefficient (Wildman–Crippen LogP) is 4.47. The molecule has 3 heteroatoms. The summed E-state index contributed by atoms with van der Waals surface area (Å²) in [7, 11) is 0. The second kappa shape index (κ2) is 7.61. The van der Waals surface area contributed by atoms with Gasteiger partial charge >= 0.3 is 0 Å². The monoisotopic (exact) mass is 277 g/mol. The van der Waals surface area contributed by atoms with Gasteiger partial charge in [-0.15, -0.1) is 0 Å². The van der Waals surface area contributed by atoms with Crippen molar-refractivity contribution in [3.05, 3.63) is 18.0 Å². The molecule has 20 heavy (non-hydrogen) atoms. The van der Waals surface area contributed by atoms with Crippen molar-refractivity contribution < 1.29 is 0 Å². The van der Waals surface area contributed by atoms with Gasteiger partial charge in [0.25, 0.3) is 0 Å². The maximum Gasteiger partial charge on any atom is 0.225 e. The highest BCUT2D eigenvalue weighted by Crippen LogP contribution is 2.22.